The third kappa shape index (κ3) is 10.5. The van der Waals surface area contributed by atoms with E-state index in [2.05, 4.69) is 48.5 Å². The lowest BCUT2D eigenvalue weighted by Gasteiger charge is -2.61. The molecule has 0 aromatic rings. The van der Waals surface area contributed by atoms with E-state index in [0.717, 1.165) is 66.6 Å². The van der Waals surface area contributed by atoms with Crippen molar-refractivity contribution in [1.82, 2.24) is 0 Å². The van der Waals surface area contributed by atoms with Crippen LogP contribution in [-0.4, -0.2) is 12.1 Å². The van der Waals surface area contributed by atoms with Gasteiger partial charge in [-0.2, -0.15) is 0 Å². The fourth-order valence-corrected chi connectivity index (χ4v) is 12.7. The molecule has 0 N–H and O–H groups in total. The van der Waals surface area contributed by atoms with E-state index >= 15 is 0 Å². The summed E-state index contributed by atoms with van der Waals surface area (Å²) >= 11 is 0. The van der Waals surface area contributed by atoms with E-state index in [9.17, 15) is 4.79 Å². The monoisotopic (exact) mass is 669 g/mol. The van der Waals surface area contributed by atoms with Crippen LogP contribution in [0.1, 0.15) is 222 Å². The second-order valence-electron chi connectivity index (χ2n) is 19.1. The average molecular weight is 669 g/mol. The highest BCUT2D eigenvalue weighted by Gasteiger charge is 2.60. The van der Waals surface area contributed by atoms with Gasteiger partial charge >= 0.3 is 5.97 Å². The molecule has 4 saturated carbocycles. The third-order valence-corrected chi connectivity index (χ3v) is 15.9. The van der Waals surface area contributed by atoms with Gasteiger partial charge in [0.2, 0.25) is 0 Å². The van der Waals surface area contributed by atoms with Gasteiger partial charge < -0.3 is 4.74 Å². The van der Waals surface area contributed by atoms with E-state index < -0.39 is 0 Å². The van der Waals surface area contributed by atoms with Gasteiger partial charge in [0.1, 0.15) is 6.10 Å². The van der Waals surface area contributed by atoms with Gasteiger partial charge in [-0.25, -0.2) is 0 Å². The van der Waals surface area contributed by atoms with Crippen LogP contribution in [0.5, 0.6) is 0 Å². The first kappa shape index (κ1) is 40.2. The molecule has 4 aliphatic carbocycles. The van der Waals surface area contributed by atoms with Crippen LogP contribution in [0.4, 0.5) is 0 Å². The van der Waals surface area contributed by atoms with Crippen LogP contribution in [0.25, 0.3) is 0 Å². The predicted octanol–water partition coefficient (Wildman–Crippen LogP) is 14.5. The SMILES string of the molecule is CCCCCCCCCCCCCCCCC(=O)O[C@H]1CC[C@@]2(C)[C@@H](CC[C@@H]3[C@@H]2CC[C@]2(C)[C@@H]([C@H](C)CC[C@@H](CC)C(C)C)CC[C@@H]32)C1. The zero-order chi connectivity index (χ0) is 34.6. The summed E-state index contributed by atoms with van der Waals surface area (Å²) in [4.78, 5) is 12.9. The van der Waals surface area contributed by atoms with Crippen molar-refractivity contribution in [2.75, 3.05) is 0 Å². The molecule has 0 spiro atoms. The van der Waals surface area contributed by atoms with Gasteiger partial charge in [-0.15, -0.1) is 0 Å². The highest BCUT2D eigenvalue weighted by atomic mass is 16.5. The summed E-state index contributed by atoms with van der Waals surface area (Å²) in [6, 6.07) is 0. The van der Waals surface area contributed by atoms with Crippen molar-refractivity contribution in [2.24, 2.45) is 58.2 Å². The van der Waals surface area contributed by atoms with Crippen LogP contribution in [0, 0.1) is 58.2 Å². The van der Waals surface area contributed by atoms with Gasteiger partial charge in [0.05, 0.1) is 0 Å². The molecule has 4 aliphatic rings. The van der Waals surface area contributed by atoms with Crippen LogP contribution < -0.4 is 0 Å². The first-order valence-corrected chi connectivity index (χ1v) is 22.3. The van der Waals surface area contributed by atoms with E-state index in [1.165, 1.54) is 148 Å². The number of carbonyl (C=O) groups excluding carboxylic acids is 1. The van der Waals surface area contributed by atoms with Crippen LogP contribution in [0.3, 0.4) is 0 Å². The Morgan fingerprint density at radius 1 is 0.667 bits per heavy atom. The minimum Gasteiger partial charge on any atom is -0.462 e. The molecule has 0 aromatic carbocycles. The van der Waals surface area contributed by atoms with E-state index in [1.54, 1.807) is 0 Å². The minimum absolute atomic E-state index is 0.0921. The maximum absolute atomic E-state index is 12.9. The Balaban J connectivity index is 1.12. The van der Waals surface area contributed by atoms with Crippen molar-refractivity contribution >= 4 is 5.97 Å². The fraction of sp³-hybridized carbons (Fsp3) is 0.978. The molecule has 0 amide bonds. The molecular weight excluding hydrogens is 585 g/mol. The minimum atomic E-state index is 0.0921. The average Bonchev–Trinajstić information content (AvgIpc) is 3.42. The van der Waals surface area contributed by atoms with Crippen LogP contribution in [0.15, 0.2) is 0 Å². The maximum Gasteiger partial charge on any atom is 0.306 e. The van der Waals surface area contributed by atoms with Crippen molar-refractivity contribution in [1.29, 1.82) is 0 Å². The summed E-state index contributed by atoms with van der Waals surface area (Å²) < 4.78 is 6.18. The molecule has 48 heavy (non-hydrogen) atoms. The molecule has 0 aromatic heterocycles. The maximum atomic E-state index is 12.9. The number of carbonyl (C=O) groups is 1. The van der Waals surface area contributed by atoms with Gasteiger partial charge in [0.15, 0.2) is 0 Å². The Kier molecular flexibility index (Phi) is 16.7. The number of hydrogen-bond donors (Lipinski definition) is 0. The largest absolute Gasteiger partial charge is 0.462 e. The summed E-state index contributed by atoms with van der Waals surface area (Å²) in [6.07, 6.45) is 36.3. The Hall–Kier alpha value is -0.530. The van der Waals surface area contributed by atoms with E-state index in [-0.39, 0.29) is 12.1 Å². The highest BCUT2D eigenvalue weighted by molar-refractivity contribution is 5.69. The Bertz CT molecular complexity index is 910. The smallest absolute Gasteiger partial charge is 0.306 e. The molecule has 2 heteroatoms. The summed E-state index contributed by atoms with van der Waals surface area (Å²) in [7, 11) is 0. The molecule has 4 fully saturated rings. The molecule has 10 atom stereocenters. The molecule has 0 aliphatic heterocycles. The number of rotatable bonds is 22. The molecule has 2 nitrogen and oxygen atoms in total. The van der Waals surface area contributed by atoms with Crippen molar-refractivity contribution in [2.45, 2.75) is 228 Å². The molecular formula is C46H84O2. The lowest BCUT2D eigenvalue weighted by molar-refractivity contribution is -0.162. The van der Waals surface area contributed by atoms with E-state index in [1.807, 2.05) is 0 Å². The van der Waals surface area contributed by atoms with E-state index in [4.69, 9.17) is 4.74 Å². The van der Waals surface area contributed by atoms with Gasteiger partial charge in [0, 0.05) is 6.42 Å². The second-order valence-corrected chi connectivity index (χ2v) is 19.1. The molecule has 4 rings (SSSR count). The van der Waals surface area contributed by atoms with Gasteiger partial charge in [-0.3, -0.25) is 4.79 Å². The standard InChI is InChI=1S/C46H84O2/c1-8-10-11-12-13-14-15-16-17-18-19-20-21-22-23-44(47)48-39-30-32-45(6)38(34-39)26-27-40-42-29-28-41(46(42,7)33-31-43(40)45)36(5)24-25-37(9-2)35(3)4/h35-43H,8-34H2,1-7H3/t36-,37-,38+,39+,40+,41-,42+,43+,45+,46-/m1/s1. The quantitative estimate of drug-likeness (QED) is 0.0847. The normalized spacial score (nSPS) is 34.3. The van der Waals surface area contributed by atoms with Gasteiger partial charge in [-0.05, 0) is 129 Å². The first-order chi connectivity index (χ1) is 23.1. The summed E-state index contributed by atoms with van der Waals surface area (Å²) in [5.74, 6) is 7.20. The lowest BCUT2D eigenvalue weighted by Crippen LogP contribution is -2.54. The topological polar surface area (TPSA) is 26.3 Å². The molecule has 0 heterocycles. The molecule has 0 unspecified atom stereocenters. The summed E-state index contributed by atoms with van der Waals surface area (Å²) in [5, 5.41) is 0. The Labute approximate surface area is 300 Å². The molecule has 0 saturated heterocycles. The number of ether oxygens (including phenoxy) is 1. The third-order valence-electron chi connectivity index (χ3n) is 15.9. The number of esters is 1. The van der Waals surface area contributed by atoms with Crippen molar-refractivity contribution < 1.29 is 9.53 Å². The first-order valence-electron chi connectivity index (χ1n) is 22.3. The van der Waals surface area contributed by atoms with Gasteiger partial charge in [-0.1, -0.05) is 145 Å². The molecule has 0 radical (unpaired) electrons. The Morgan fingerprint density at radius 2 is 1.25 bits per heavy atom. The van der Waals surface area contributed by atoms with Crippen molar-refractivity contribution in [3.05, 3.63) is 0 Å². The predicted molar refractivity (Wildman–Crippen MR) is 207 cm³/mol. The van der Waals surface area contributed by atoms with E-state index in [0.29, 0.717) is 17.3 Å². The Morgan fingerprint density at radius 3 is 1.85 bits per heavy atom. The van der Waals surface area contributed by atoms with Crippen LogP contribution in [0.2, 0.25) is 0 Å². The number of fused-ring (bicyclic) bond motifs is 5. The zero-order valence-corrected chi connectivity index (χ0v) is 33.6. The van der Waals surface area contributed by atoms with Crippen molar-refractivity contribution in [3.8, 4) is 0 Å². The van der Waals surface area contributed by atoms with Crippen LogP contribution >= 0.6 is 0 Å². The second kappa shape index (κ2) is 19.9. The number of hydrogen-bond acceptors (Lipinski definition) is 2. The number of unbranched alkanes of at least 4 members (excludes halogenated alkanes) is 13. The highest BCUT2D eigenvalue weighted by Crippen LogP contribution is 2.68. The fourth-order valence-electron chi connectivity index (χ4n) is 12.7. The van der Waals surface area contributed by atoms with Gasteiger partial charge in [0.25, 0.3) is 0 Å². The molecule has 0 bridgehead atoms. The summed E-state index contributed by atoms with van der Waals surface area (Å²) in [5.41, 5.74) is 1.04. The molecule has 280 valence electrons. The van der Waals surface area contributed by atoms with Crippen molar-refractivity contribution in [3.63, 3.8) is 0 Å². The van der Waals surface area contributed by atoms with Crippen LogP contribution in [-0.2, 0) is 9.53 Å². The lowest BCUT2D eigenvalue weighted by atomic mass is 9.44. The summed E-state index contributed by atoms with van der Waals surface area (Å²) in [6.45, 7) is 17.6. The zero-order valence-electron chi connectivity index (χ0n) is 33.6.